The molecule has 0 aliphatic rings. The van der Waals surface area contributed by atoms with Crippen molar-refractivity contribution in [3.8, 4) is 0 Å². The van der Waals surface area contributed by atoms with E-state index in [9.17, 15) is 12.8 Å². The minimum atomic E-state index is -3.16. The molecule has 1 aromatic rings. The van der Waals surface area contributed by atoms with Crippen LogP contribution in [0.5, 0.6) is 0 Å². The molecule has 0 spiro atoms. The van der Waals surface area contributed by atoms with E-state index in [0.29, 0.717) is 23.7 Å². The largest absolute Gasteiger partial charge is 0.311 e. The summed E-state index contributed by atoms with van der Waals surface area (Å²) in [5, 5.41) is 3.30. The van der Waals surface area contributed by atoms with Gasteiger partial charge in [-0.3, -0.25) is 0 Å². The van der Waals surface area contributed by atoms with E-state index in [-0.39, 0.29) is 18.1 Å². The van der Waals surface area contributed by atoms with Gasteiger partial charge in [-0.15, -0.1) is 0 Å². The molecule has 0 aliphatic heterocycles. The summed E-state index contributed by atoms with van der Waals surface area (Å²) >= 11 is 5.63. The summed E-state index contributed by atoms with van der Waals surface area (Å²) in [6, 6.07) is 4.46. The first-order valence-corrected chi connectivity index (χ1v) is 7.59. The highest BCUT2D eigenvalue weighted by atomic mass is 35.5. The average Bonchev–Trinajstić information content (AvgIpc) is 2.31. The quantitative estimate of drug-likeness (QED) is 0.750. The van der Waals surface area contributed by atoms with Crippen LogP contribution in [0.4, 0.5) is 4.39 Å². The van der Waals surface area contributed by atoms with Crippen molar-refractivity contribution in [1.82, 2.24) is 10.0 Å². The molecule has 0 fully saturated rings. The smallest absolute Gasteiger partial charge is 0.211 e. The first-order valence-electron chi connectivity index (χ1n) is 5.56. The Morgan fingerprint density at radius 2 is 2.06 bits per heavy atom. The highest BCUT2D eigenvalue weighted by Crippen LogP contribution is 2.14. The number of sulfonamides is 1. The van der Waals surface area contributed by atoms with Crippen molar-refractivity contribution in [3.05, 3.63) is 34.6 Å². The zero-order chi connectivity index (χ0) is 13.6. The minimum absolute atomic E-state index is 0.0544. The molecule has 4 nitrogen and oxygen atoms in total. The fraction of sp³-hybridized carbons (Fsp3) is 0.455. The van der Waals surface area contributed by atoms with Crippen molar-refractivity contribution in [1.29, 1.82) is 0 Å². The Balaban J connectivity index is 2.30. The van der Waals surface area contributed by atoms with Crippen molar-refractivity contribution in [2.75, 3.05) is 18.8 Å². The van der Waals surface area contributed by atoms with E-state index in [0.717, 1.165) is 0 Å². The van der Waals surface area contributed by atoms with Crippen molar-refractivity contribution in [2.24, 2.45) is 0 Å². The van der Waals surface area contributed by atoms with Gasteiger partial charge in [0.1, 0.15) is 5.82 Å². The molecular weight excluding hydrogens is 279 g/mol. The van der Waals surface area contributed by atoms with Gasteiger partial charge in [0.25, 0.3) is 0 Å². The topological polar surface area (TPSA) is 58.2 Å². The van der Waals surface area contributed by atoms with Crippen molar-refractivity contribution < 1.29 is 12.8 Å². The maximum absolute atomic E-state index is 13.4. The maximum atomic E-state index is 13.4. The molecule has 0 bridgehead atoms. The SMILES string of the molecule is CCS(=O)(=O)NCCNCc1ccc(Cl)cc1F. The highest BCUT2D eigenvalue weighted by molar-refractivity contribution is 7.89. The lowest BCUT2D eigenvalue weighted by Gasteiger charge is -2.07. The molecule has 0 heterocycles. The Labute approximate surface area is 112 Å². The van der Waals surface area contributed by atoms with Gasteiger partial charge in [0.15, 0.2) is 0 Å². The van der Waals surface area contributed by atoms with E-state index < -0.39 is 10.0 Å². The molecule has 0 atom stereocenters. The van der Waals surface area contributed by atoms with Gasteiger partial charge in [-0.1, -0.05) is 17.7 Å². The van der Waals surface area contributed by atoms with Crippen LogP contribution in [0, 0.1) is 5.82 Å². The van der Waals surface area contributed by atoms with E-state index in [1.807, 2.05) is 0 Å². The summed E-state index contributed by atoms with van der Waals surface area (Å²) in [5.74, 6) is -0.317. The van der Waals surface area contributed by atoms with Crippen LogP contribution in [0.2, 0.25) is 5.02 Å². The zero-order valence-corrected chi connectivity index (χ0v) is 11.6. The first-order chi connectivity index (χ1) is 8.44. The van der Waals surface area contributed by atoms with Gasteiger partial charge in [-0.05, 0) is 19.1 Å². The third-order valence-corrected chi connectivity index (χ3v) is 3.97. The molecule has 1 aromatic carbocycles. The van der Waals surface area contributed by atoms with Gasteiger partial charge in [0.05, 0.1) is 5.75 Å². The predicted octanol–water partition coefficient (Wildman–Crippen LogP) is 1.51. The molecule has 0 saturated heterocycles. The molecule has 102 valence electrons. The molecule has 0 amide bonds. The molecule has 2 N–H and O–H groups in total. The van der Waals surface area contributed by atoms with E-state index >= 15 is 0 Å². The van der Waals surface area contributed by atoms with Crippen LogP contribution in [-0.2, 0) is 16.6 Å². The fourth-order valence-corrected chi connectivity index (χ4v) is 2.06. The van der Waals surface area contributed by atoms with Crippen LogP contribution in [0.1, 0.15) is 12.5 Å². The third kappa shape index (κ3) is 5.30. The number of hydrogen-bond donors (Lipinski definition) is 2. The average molecular weight is 295 g/mol. The van der Waals surface area contributed by atoms with Crippen molar-refractivity contribution >= 4 is 21.6 Å². The van der Waals surface area contributed by atoms with Gasteiger partial charge < -0.3 is 5.32 Å². The Morgan fingerprint density at radius 3 is 2.67 bits per heavy atom. The van der Waals surface area contributed by atoms with Crippen molar-refractivity contribution in [2.45, 2.75) is 13.5 Å². The fourth-order valence-electron chi connectivity index (χ4n) is 1.29. The van der Waals surface area contributed by atoms with Gasteiger partial charge in [0.2, 0.25) is 10.0 Å². The molecule has 0 unspecified atom stereocenters. The van der Waals surface area contributed by atoms with Gasteiger partial charge in [0, 0.05) is 30.2 Å². The molecule has 18 heavy (non-hydrogen) atoms. The molecule has 7 heteroatoms. The van der Waals surface area contributed by atoms with Crippen LogP contribution in [-0.4, -0.2) is 27.3 Å². The number of halogens is 2. The summed E-state index contributed by atoms with van der Waals surface area (Å²) < 4.78 is 38.0. The second kappa shape index (κ2) is 7.04. The number of nitrogens with one attached hydrogen (secondary N) is 2. The Morgan fingerprint density at radius 1 is 1.33 bits per heavy atom. The molecule has 0 aliphatic carbocycles. The minimum Gasteiger partial charge on any atom is -0.311 e. The summed E-state index contributed by atoms with van der Waals surface area (Å²) in [4.78, 5) is 0. The molecular formula is C11H16ClFN2O2S. The third-order valence-electron chi connectivity index (χ3n) is 2.33. The molecule has 0 radical (unpaired) electrons. The van der Waals surface area contributed by atoms with Crippen LogP contribution < -0.4 is 10.0 Å². The van der Waals surface area contributed by atoms with Crippen LogP contribution in [0.15, 0.2) is 18.2 Å². The van der Waals surface area contributed by atoms with Gasteiger partial charge in [-0.2, -0.15) is 0 Å². The van der Waals surface area contributed by atoms with Crippen LogP contribution >= 0.6 is 11.6 Å². The molecule has 1 rings (SSSR count). The lowest BCUT2D eigenvalue weighted by molar-refractivity contribution is 0.569. The standard InChI is InChI=1S/C11H16ClFN2O2S/c1-2-18(16,17)15-6-5-14-8-9-3-4-10(12)7-11(9)13/h3-4,7,14-15H,2,5-6,8H2,1H3. The van der Waals surface area contributed by atoms with Gasteiger partial charge >= 0.3 is 0 Å². The van der Waals surface area contributed by atoms with E-state index in [2.05, 4.69) is 10.0 Å². The maximum Gasteiger partial charge on any atom is 0.211 e. The summed E-state index contributed by atoms with van der Waals surface area (Å²) in [5.41, 5.74) is 0.498. The Kier molecular flexibility index (Phi) is 6.01. The summed E-state index contributed by atoms with van der Waals surface area (Å²) in [6.45, 7) is 2.61. The molecule has 0 saturated carbocycles. The monoisotopic (exact) mass is 294 g/mol. The lowest BCUT2D eigenvalue weighted by atomic mass is 10.2. The highest BCUT2D eigenvalue weighted by Gasteiger charge is 2.05. The van der Waals surface area contributed by atoms with E-state index in [4.69, 9.17) is 11.6 Å². The summed E-state index contributed by atoms with van der Waals surface area (Å²) in [7, 11) is -3.16. The van der Waals surface area contributed by atoms with Gasteiger partial charge in [-0.25, -0.2) is 17.5 Å². The van der Waals surface area contributed by atoms with E-state index in [1.165, 1.54) is 6.07 Å². The first kappa shape index (κ1) is 15.4. The number of rotatable bonds is 7. The predicted molar refractivity (Wildman–Crippen MR) is 70.6 cm³/mol. The molecule has 0 aromatic heterocycles. The Hall–Kier alpha value is -0.690. The van der Waals surface area contributed by atoms with Crippen LogP contribution in [0.3, 0.4) is 0 Å². The second-order valence-electron chi connectivity index (χ2n) is 3.71. The van der Waals surface area contributed by atoms with Crippen LogP contribution in [0.25, 0.3) is 0 Å². The number of benzene rings is 1. The van der Waals surface area contributed by atoms with E-state index in [1.54, 1.807) is 19.1 Å². The normalized spacial score (nSPS) is 11.7. The Bertz CT molecular complexity index is 494. The number of hydrogen-bond acceptors (Lipinski definition) is 3. The second-order valence-corrected chi connectivity index (χ2v) is 6.24. The lowest BCUT2D eigenvalue weighted by Crippen LogP contribution is -2.32. The summed E-state index contributed by atoms with van der Waals surface area (Å²) in [6.07, 6.45) is 0. The zero-order valence-electron chi connectivity index (χ0n) is 10.0. The van der Waals surface area contributed by atoms with Crippen molar-refractivity contribution in [3.63, 3.8) is 0 Å².